The molecule has 1 aliphatic rings. The van der Waals surface area contributed by atoms with E-state index < -0.39 is 0 Å². The zero-order valence-electron chi connectivity index (χ0n) is 12.1. The van der Waals surface area contributed by atoms with Gasteiger partial charge in [-0.15, -0.1) is 11.6 Å². The maximum atomic E-state index is 13.4. The SMILES string of the molecule is CC(Cl)c1nc2cc(F)ccc2n1CCN1CCOCC1. The summed E-state index contributed by atoms with van der Waals surface area (Å²) >= 11 is 6.23. The van der Waals surface area contributed by atoms with Gasteiger partial charge in [-0.3, -0.25) is 4.90 Å². The van der Waals surface area contributed by atoms with Crippen LogP contribution in [0.2, 0.25) is 0 Å². The van der Waals surface area contributed by atoms with Crippen LogP contribution in [-0.4, -0.2) is 47.3 Å². The monoisotopic (exact) mass is 311 g/mol. The average molecular weight is 312 g/mol. The van der Waals surface area contributed by atoms with Crippen molar-refractivity contribution in [2.24, 2.45) is 0 Å². The van der Waals surface area contributed by atoms with Crippen molar-refractivity contribution in [1.29, 1.82) is 0 Å². The van der Waals surface area contributed by atoms with Gasteiger partial charge in [0.25, 0.3) is 0 Å². The predicted molar refractivity (Wildman–Crippen MR) is 81.2 cm³/mol. The molecule has 114 valence electrons. The number of nitrogens with zero attached hydrogens (tertiary/aromatic N) is 3. The number of hydrogen-bond acceptors (Lipinski definition) is 3. The number of morpholine rings is 1. The average Bonchev–Trinajstić information content (AvgIpc) is 2.84. The molecule has 1 atom stereocenters. The third kappa shape index (κ3) is 3.20. The fourth-order valence-electron chi connectivity index (χ4n) is 2.73. The van der Waals surface area contributed by atoms with Crippen molar-refractivity contribution < 1.29 is 9.13 Å². The zero-order valence-corrected chi connectivity index (χ0v) is 12.8. The minimum atomic E-state index is -0.269. The fourth-order valence-corrected chi connectivity index (χ4v) is 2.89. The highest BCUT2D eigenvalue weighted by molar-refractivity contribution is 6.20. The van der Waals surface area contributed by atoms with Gasteiger partial charge in [-0.05, 0) is 19.1 Å². The summed E-state index contributed by atoms with van der Waals surface area (Å²) in [4.78, 5) is 6.85. The van der Waals surface area contributed by atoms with Crippen molar-refractivity contribution in [2.75, 3.05) is 32.8 Å². The molecule has 0 spiro atoms. The van der Waals surface area contributed by atoms with Crippen LogP contribution in [0.3, 0.4) is 0 Å². The van der Waals surface area contributed by atoms with Crippen LogP contribution in [0.25, 0.3) is 11.0 Å². The highest BCUT2D eigenvalue weighted by atomic mass is 35.5. The Morgan fingerprint density at radius 3 is 2.81 bits per heavy atom. The second-order valence-corrected chi connectivity index (χ2v) is 5.98. The maximum Gasteiger partial charge on any atom is 0.127 e. The first-order valence-electron chi connectivity index (χ1n) is 7.25. The molecule has 1 aliphatic heterocycles. The van der Waals surface area contributed by atoms with Crippen molar-refractivity contribution in [1.82, 2.24) is 14.5 Å². The Bertz CT molecular complexity index is 623. The summed E-state index contributed by atoms with van der Waals surface area (Å²) in [5, 5.41) is -0.204. The molecule has 4 nitrogen and oxygen atoms in total. The van der Waals surface area contributed by atoms with Gasteiger partial charge in [0, 0.05) is 32.2 Å². The zero-order chi connectivity index (χ0) is 14.8. The molecule has 1 aromatic heterocycles. The molecule has 1 saturated heterocycles. The van der Waals surface area contributed by atoms with E-state index in [2.05, 4.69) is 14.5 Å². The van der Waals surface area contributed by atoms with Gasteiger partial charge in [0.2, 0.25) is 0 Å². The van der Waals surface area contributed by atoms with Crippen molar-refractivity contribution in [3.63, 3.8) is 0 Å². The van der Waals surface area contributed by atoms with E-state index in [1.54, 1.807) is 6.07 Å². The second-order valence-electron chi connectivity index (χ2n) is 5.32. The van der Waals surface area contributed by atoms with E-state index >= 15 is 0 Å². The number of alkyl halides is 1. The molecule has 0 aliphatic carbocycles. The van der Waals surface area contributed by atoms with Crippen LogP contribution in [-0.2, 0) is 11.3 Å². The molecule has 0 bridgehead atoms. The lowest BCUT2D eigenvalue weighted by Crippen LogP contribution is -2.38. The van der Waals surface area contributed by atoms with Gasteiger partial charge in [0.15, 0.2) is 0 Å². The van der Waals surface area contributed by atoms with E-state index in [9.17, 15) is 4.39 Å². The summed E-state index contributed by atoms with van der Waals surface area (Å²) < 4.78 is 20.8. The third-order valence-electron chi connectivity index (χ3n) is 3.84. The fraction of sp³-hybridized carbons (Fsp3) is 0.533. The van der Waals surface area contributed by atoms with Crippen LogP contribution in [0.1, 0.15) is 18.1 Å². The van der Waals surface area contributed by atoms with Crippen LogP contribution >= 0.6 is 11.6 Å². The van der Waals surface area contributed by atoms with Crippen molar-refractivity contribution in [3.8, 4) is 0 Å². The van der Waals surface area contributed by atoms with Crippen LogP contribution in [0, 0.1) is 5.82 Å². The number of halogens is 2. The molecule has 2 aromatic rings. The summed E-state index contributed by atoms with van der Waals surface area (Å²) in [6.07, 6.45) is 0. The minimum absolute atomic E-state index is 0.204. The van der Waals surface area contributed by atoms with Crippen molar-refractivity contribution in [2.45, 2.75) is 18.8 Å². The van der Waals surface area contributed by atoms with E-state index in [0.29, 0.717) is 5.52 Å². The largest absolute Gasteiger partial charge is 0.379 e. The molecular formula is C15H19ClFN3O. The molecule has 2 heterocycles. The van der Waals surface area contributed by atoms with E-state index in [0.717, 1.165) is 50.7 Å². The first-order valence-corrected chi connectivity index (χ1v) is 7.68. The first-order chi connectivity index (χ1) is 10.1. The molecule has 0 radical (unpaired) electrons. The number of fused-ring (bicyclic) bond motifs is 1. The number of hydrogen-bond donors (Lipinski definition) is 0. The van der Waals surface area contributed by atoms with Crippen LogP contribution in [0.15, 0.2) is 18.2 Å². The Labute approximate surface area is 128 Å². The Morgan fingerprint density at radius 1 is 1.33 bits per heavy atom. The maximum absolute atomic E-state index is 13.4. The highest BCUT2D eigenvalue weighted by Crippen LogP contribution is 2.25. The van der Waals surface area contributed by atoms with E-state index in [1.807, 2.05) is 6.92 Å². The number of imidazole rings is 1. The van der Waals surface area contributed by atoms with E-state index in [1.165, 1.54) is 12.1 Å². The number of aromatic nitrogens is 2. The van der Waals surface area contributed by atoms with Gasteiger partial charge in [0.05, 0.1) is 29.6 Å². The molecule has 1 unspecified atom stereocenters. The van der Waals surface area contributed by atoms with Gasteiger partial charge in [0.1, 0.15) is 11.6 Å². The normalized spacial score (nSPS) is 18.2. The summed E-state index contributed by atoms with van der Waals surface area (Å²) in [6, 6.07) is 4.71. The molecule has 0 N–H and O–H groups in total. The second kappa shape index (κ2) is 6.30. The molecule has 6 heteroatoms. The molecule has 21 heavy (non-hydrogen) atoms. The molecule has 3 rings (SSSR count). The van der Waals surface area contributed by atoms with Gasteiger partial charge in [-0.2, -0.15) is 0 Å². The highest BCUT2D eigenvalue weighted by Gasteiger charge is 2.17. The lowest BCUT2D eigenvalue weighted by atomic mass is 10.3. The molecule has 1 aromatic carbocycles. The van der Waals surface area contributed by atoms with Crippen molar-refractivity contribution in [3.05, 3.63) is 29.8 Å². The number of benzene rings is 1. The summed E-state index contributed by atoms with van der Waals surface area (Å²) in [6.45, 7) is 7.09. The summed E-state index contributed by atoms with van der Waals surface area (Å²) in [5.41, 5.74) is 1.60. The van der Waals surface area contributed by atoms with Gasteiger partial charge in [-0.1, -0.05) is 0 Å². The van der Waals surface area contributed by atoms with Gasteiger partial charge >= 0.3 is 0 Å². The summed E-state index contributed by atoms with van der Waals surface area (Å²) in [5.74, 6) is 0.527. The van der Waals surface area contributed by atoms with Gasteiger partial charge in [-0.25, -0.2) is 9.37 Å². The van der Waals surface area contributed by atoms with Crippen LogP contribution in [0.5, 0.6) is 0 Å². The molecule has 1 fully saturated rings. The van der Waals surface area contributed by atoms with Crippen LogP contribution < -0.4 is 0 Å². The molecule has 0 amide bonds. The quantitative estimate of drug-likeness (QED) is 0.813. The van der Waals surface area contributed by atoms with E-state index in [4.69, 9.17) is 16.3 Å². The lowest BCUT2D eigenvalue weighted by Gasteiger charge is -2.27. The number of rotatable bonds is 4. The Hall–Kier alpha value is -1.17. The topological polar surface area (TPSA) is 30.3 Å². The number of ether oxygens (including phenoxy) is 1. The standard InChI is InChI=1S/C15H19ClFN3O/c1-11(16)15-18-13-10-12(17)2-3-14(13)20(15)5-4-19-6-8-21-9-7-19/h2-3,10-11H,4-9H2,1H3. The Balaban J connectivity index is 1.86. The first kappa shape index (κ1) is 14.8. The minimum Gasteiger partial charge on any atom is -0.379 e. The lowest BCUT2D eigenvalue weighted by molar-refractivity contribution is 0.0364. The van der Waals surface area contributed by atoms with Crippen molar-refractivity contribution >= 4 is 22.6 Å². The Kier molecular flexibility index (Phi) is 4.42. The molecular weight excluding hydrogens is 293 g/mol. The van der Waals surface area contributed by atoms with Gasteiger partial charge < -0.3 is 9.30 Å². The predicted octanol–water partition coefficient (Wildman–Crippen LogP) is 2.81. The smallest absolute Gasteiger partial charge is 0.127 e. The molecule has 0 saturated carbocycles. The Morgan fingerprint density at radius 2 is 2.10 bits per heavy atom. The van der Waals surface area contributed by atoms with Crippen LogP contribution in [0.4, 0.5) is 4.39 Å². The summed E-state index contributed by atoms with van der Waals surface area (Å²) in [7, 11) is 0. The third-order valence-corrected chi connectivity index (χ3v) is 4.03. The van der Waals surface area contributed by atoms with E-state index in [-0.39, 0.29) is 11.2 Å².